The minimum atomic E-state index is -0.172. The van der Waals surface area contributed by atoms with E-state index in [4.69, 9.17) is 0 Å². The smallest absolute Gasteiger partial charge is 0.310 e. The molecule has 0 spiro atoms. The number of aliphatic imine (C=N–C) groups is 1. The molecule has 2 heterocycles. The Kier molecular flexibility index (Phi) is 3.86. The molecule has 0 atom stereocenters. The third kappa shape index (κ3) is 2.83. The predicted molar refractivity (Wildman–Crippen MR) is 103 cm³/mol. The van der Waals surface area contributed by atoms with Crippen LogP contribution in [0.3, 0.4) is 0 Å². The maximum Gasteiger partial charge on any atom is 0.310 e. The number of allylic oxidation sites excluding steroid dienone is 1. The van der Waals surface area contributed by atoms with E-state index in [1.165, 1.54) is 4.57 Å². The number of aromatic nitrogens is 1. The van der Waals surface area contributed by atoms with Crippen molar-refractivity contribution < 1.29 is 5.11 Å². The summed E-state index contributed by atoms with van der Waals surface area (Å²) in [6.45, 7) is 2.29. The number of hydrogen-bond acceptors (Lipinski definition) is 4. The quantitative estimate of drug-likeness (QED) is 0.767. The molecular formula is C20H16N2O2S. The lowest BCUT2D eigenvalue weighted by molar-refractivity contribution is 0.420. The van der Waals surface area contributed by atoms with Crippen LogP contribution in [0.1, 0.15) is 22.9 Å². The van der Waals surface area contributed by atoms with Gasteiger partial charge in [0.15, 0.2) is 0 Å². The van der Waals surface area contributed by atoms with Gasteiger partial charge in [0, 0.05) is 16.8 Å². The summed E-state index contributed by atoms with van der Waals surface area (Å²) in [5.74, 6) is 0.00327. The summed E-state index contributed by atoms with van der Waals surface area (Å²) >= 11 is 1.05. The fraction of sp³-hybridized carbons (Fsp3) is 0.100. The molecule has 0 unspecified atom stereocenters. The zero-order valence-electron chi connectivity index (χ0n) is 13.6. The molecule has 5 heteroatoms. The van der Waals surface area contributed by atoms with Gasteiger partial charge in [0.1, 0.15) is 0 Å². The van der Waals surface area contributed by atoms with Crippen molar-refractivity contribution in [1.82, 2.24) is 4.57 Å². The van der Waals surface area contributed by atoms with Gasteiger partial charge in [0.05, 0.1) is 17.1 Å². The van der Waals surface area contributed by atoms with E-state index < -0.39 is 0 Å². The molecule has 1 aliphatic heterocycles. The molecule has 0 amide bonds. The molecule has 4 nitrogen and oxygen atoms in total. The Hall–Kier alpha value is -2.92. The van der Waals surface area contributed by atoms with Crippen molar-refractivity contribution in [1.29, 1.82) is 0 Å². The lowest BCUT2D eigenvalue weighted by atomic mass is 10.0. The van der Waals surface area contributed by atoms with Crippen LogP contribution in [-0.4, -0.2) is 15.4 Å². The van der Waals surface area contributed by atoms with E-state index in [2.05, 4.69) is 4.99 Å². The Morgan fingerprint density at radius 3 is 2.64 bits per heavy atom. The van der Waals surface area contributed by atoms with E-state index in [0.29, 0.717) is 11.4 Å². The van der Waals surface area contributed by atoms with E-state index in [0.717, 1.165) is 39.4 Å². The maximum atomic E-state index is 12.3. The summed E-state index contributed by atoms with van der Waals surface area (Å²) < 4.78 is 1.40. The molecule has 1 aromatic heterocycles. The molecule has 0 saturated heterocycles. The highest BCUT2D eigenvalue weighted by molar-refractivity contribution is 7.10. The first-order chi connectivity index (χ1) is 12.1. The molecule has 0 saturated carbocycles. The molecule has 25 heavy (non-hydrogen) atoms. The van der Waals surface area contributed by atoms with Crippen LogP contribution in [0.15, 0.2) is 64.4 Å². The predicted octanol–water partition coefficient (Wildman–Crippen LogP) is 4.31. The highest BCUT2D eigenvalue weighted by atomic mass is 32.1. The Balaban J connectivity index is 1.75. The minimum absolute atomic E-state index is 0.00327. The topological polar surface area (TPSA) is 54.6 Å². The summed E-state index contributed by atoms with van der Waals surface area (Å²) in [5, 5.41) is 10.6. The second-order valence-corrected chi connectivity index (χ2v) is 6.89. The third-order valence-electron chi connectivity index (χ3n) is 4.22. The van der Waals surface area contributed by atoms with Crippen molar-refractivity contribution in [2.75, 3.05) is 0 Å². The van der Waals surface area contributed by atoms with Crippen molar-refractivity contribution >= 4 is 34.4 Å². The average molecular weight is 348 g/mol. The van der Waals surface area contributed by atoms with Crippen molar-refractivity contribution in [2.24, 2.45) is 4.99 Å². The number of para-hydroxylation sites is 1. The Labute approximate surface area is 149 Å². The number of thiazole rings is 1. The first-order valence-corrected chi connectivity index (χ1v) is 8.78. The van der Waals surface area contributed by atoms with Crippen LogP contribution in [0.5, 0.6) is 5.88 Å². The molecule has 1 aliphatic rings. The summed E-state index contributed by atoms with van der Waals surface area (Å²) in [6, 6.07) is 17.5. The number of hydrogen-bond donors (Lipinski definition) is 1. The van der Waals surface area contributed by atoms with Gasteiger partial charge in [-0.15, -0.1) is 0 Å². The fourth-order valence-corrected chi connectivity index (χ4v) is 3.79. The van der Waals surface area contributed by atoms with Gasteiger partial charge in [-0.1, -0.05) is 59.9 Å². The van der Waals surface area contributed by atoms with Gasteiger partial charge in [0.25, 0.3) is 0 Å². The molecule has 0 radical (unpaired) electrons. The van der Waals surface area contributed by atoms with Crippen LogP contribution >= 0.6 is 11.3 Å². The summed E-state index contributed by atoms with van der Waals surface area (Å²) in [5.41, 5.74) is 4.74. The monoisotopic (exact) mass is 348 g/mol. The lowest BCUT2D eigenvalue weighted by Crippen LogP contribution is -2.13. The highest BCUT2D eigenvalue weighted by Gasteiger charge is 2.19. The summed E-state index contributed by atoms with van der Waals surface area (Å²) in [4.78, 5) is 17.3. The van der Waals surface area contributed by atoms with Crippen LogP contribution in [0, 0.1) is 0 Å². The number of fused-ring (bicyclic) bond motifs is 1. The zero-order valence-corrected chi connectivity index (χ0v) is 14.5. The number of rotatable bonds is 3. The molecule has 124 valence electrons. The first-order valence-electron chi connectivity index (χ1n) is 7.97. The maximum absolute atomic E-state index is 12.3. The summed E-state index contributed by atoms with van der Waals surface area (Å²) in [7, 11) is 0. The standard InChI is InChI=1S/C20H16N2O2S/c1-13-16(15-9-5-6-10-17(15)21-13)11-18-19(23)22(20(24)25-18)12-14-7-3-2-4-8-14/h2-11,23H,12H2,1H3. The molecule has 4 rings (SSSR count). The second kappa shape index (κ2) is 6.18. The Morgan fingerprint density at radius 2 is 1.84 bits per heavy atom. The average Bonchev–Trinajstić information content (AvgIpc) is 3.07. The minimum Gasteiger partial charge on any atom is -0.493 e. The van der Waals surface area contributed by atoms with Crippen LogP contribution in [0.25, 0.3) is 11.6 Å². The molecule has 3 aromatic rings. The highest BCUT2D eigenvalue weighted by Crippen LogP contribution is 2.37. The molecule has 1 N–H and O–H groups in total. The molecule has 0 bridgehead atoms. The van der Waals surface area contributed by atoms with Gasteiger partial charge in [-0.05, 0) is 24.6 Å². The number of aromatic hydroxyl groups is 1. The number of benzene rings is 2. The van der Waals surface area contributed by atoms with E-state index in [9.17, 15) is 9.90 Å². The summed E-state index contributed by atoms with van der Waals surface area (Å²) in [6.07, 6.45) is 1.85. The molecular weight excluding hydrogens is 332 g/mol. The van der Waals surface area contributed by atoms with Crippen LogP contribution in [-0.2, 0) is 6.54 Å². The normalized spacial score (nSPS) is 14.6. The SMILES string of the molecule is CC1=Nc2ccccc2C1=Cc1sc(=O)n(Cc2ccccc2)c1O. The van der Waals surface area contributed by atoms with Gasteiger partial charge >= 0.3 is 4.87 Å². The Bertz CT molecular complexity index is 1060. The van der Waals surface area contributed by atoms with Crippen LogP contribution in [0.4, 0.5) is 5.69 Å². The van der Waals surface area contributed by atoms with Crippen molar-refractivity contribution in [3.8, 4) is 5.88 Å². The van der Waals surface area contributed by atoms with Crippen LogP contribution < -0.4 is 4.87 Å². The van der Waals surface area contributed by atoms with Crippen molar-refractivity contribution in [2.45, 2.75) is 13.5 Å². The van der Waals surface area contributed by atoms with Gasteiger partial charge in [-0.2, -0.15) is 0 Å². The molecule has 0 fully saturated rings. The van der Waals surface area contributed by atoms with Gasteiger partial charge in [-0.25, -0.2) is 0 Å². The van der Waals surface area contributed by atoms with Crippen molar-refractivity contribution in [3.05, 3.63) is 80.3 Å². The fourth-order valence-electron chi connectivity index (χ4n) is 2.96. The third-order valence-corrected chi connectivity index (χ3v) is 5.14. The van der Waals surface area contributed by atoms with E-state index in [1.807, 2.05) is 67.6 Å². The second-order valence-electron chi connectivity index (χ2n) is 5.90. The van der Waals surface area contributed by atoms with Gasteiger partial charge in [-0.3, -0.25) is 14.4 Å². The zero-order chi connectivity index (χ0) is 17.4. The van der Waals surface area contributed by atoms with E-state index in [1.54, 1.807) is 0 Å². The van der Waals surface area contributed by atoms with Gasteiger partial charge in [0.2, 0.25) is 5.88 Å². The van der Waals surface area contributed by atoms with E-state index >= 15 is 0 Å². The largest absolute Gasteiger partial charge is 0.493 e. The Morgan fingerprint density at radius 1 is 1.12 bits per heavy atom. The number of nitrogens with zero attached hydrogens (tertiary/aromatic N) is 2. The molecule has 0 aliphatic carbocycles. The van der Waals surface area contributed by atoms with Crippen molar-refractivity contribution in [3.63, 3.8) is 0 Å². The van der Waals surface area contributed by atoms with Gasteiger partial charge < -0.3 is 5.11 Å². The van der Waals surface area contributed by atoms with E-state index in [-0.39, 0.29) is 10.8 Å². The molecule has 2 aromatic carbocycles. The van der Waals surface area contributed by atoms with Crippen LogP contribution in [0.2, 0.25) is 0 Å². The first kappa shape index (κ1) is 15.6. The lowest BCUT2D eigenvalue weighted by Gasteiger charge is -2.04.